The van der Waals surface area contributed by atoms with Gasteiger partial charge in [-0.3, -0.25) is 4.79 Å². The molecule has 0 spiro atoms. The fourth-order valence-corrected chi connectivity index (χ4v) is 2.25. The fourth-order valence-electron chi connectivity index (χ4n) is 2.01. The molecule has 1 heterocycles. The highest BCUT2D eigenvalue weighted by Gasteiger charge is 2.18. The highest BCUT2D eigenvalue weighted by molar-refractivity contribution is 6.34. The molecule has 1 aliphatic rings. The molecule has 1 unspecified atom stereocenters. The minimum Gasteiger partial charge on any atom is -0.399 e. The largest absolute Gasteiger partial charge is 0.399 e. The Bertz CT molecular complexity index is 431. The highest BCUT2D eigenvalue weighted by atomic mass is 35.5. The molecule has 1 aliphatic heterocycles. The van der Waals surface area contributed by atoms with E-state index in [9.17, 15) is 4.79 Å². The summed E-state index contributed by atoms with van der Waals surface area (Å²) < 4.78 is 5.52. The van der Waals surface area contributed by atoms with Gasteiger partial charge in [0, 0.05) is 12.3 Å². The SMILES string of the molecule is Nc1ccc(NC(=O)CC2CCCCO2)c(Cl)c1. The van der Waals surface area contributed by atoms with Crippen LogP contribution in [0.3, 0.4) is 0 Å². The summed E-state index contributed by atoms with van der Waals surface area (Å²) in [6.45, 7) is 0.751. The number of nitrogens with two attached hydrogens (primary N) is 1. The summed E-state index contributed by atoms with van der Waals surface area (Å²) in [4.78, 5) is 11.8. The number of hydrogen-bond donors (Lipinski definition) is 2. The maximum atomic E-state index is 11.8. The number of rotatable bonds is 3. The summed E-state index contributed by atoms with van der Waals surface area (Å²) in [6, 6.07) is 5.03. The van der Waals surface area contributed by atoms with Crippen molar-refractivity contribution in [3.05, 3.63) is 23.2 Å². The van der Waals surface area contributed by atoms with Gasteiger partial charge in [-0.15, -0.1) is 0 Å². The maximum Gasteiger partial charge on any atom is 0.227 e. The fraction of sp³-hybridized carbons (Fsp3) is 0.462. The van der Waals surface area contributed by atoms with E-state index in [-0.39, 0.29) is 12.0 Å². The molecule has 3 N–H and O–H groups in total. The number of carbonyl (C=O) groups is 1. The zero-order chi connectivity index (χ0) is 13.0. The van der Waals surface area contributed by atoms with Crippen LogP contribution in [0.4, 0.5) is 11.4 Å². The van der Waals surface area contributed by atoms with E-state index in [0.29, 0.717) is 22.8 Å². The summed E-state index contributed by atoms with van der Waals surface area (Å²) in [5.74, 6) is -0.0754. The predicted molar refractivity (Wildman–Crippen MR) is 72.7 cm³/mol. The average Bonchev–Trinajstić information content (AvgIpc) is 2.34. The Morgan fingerprint density at radius 3 is 3.00 bits per heavy atom. The van der Waals surface area contributed by atoms with Crippen LogP contribution in [0.5, 0.6) is 0 Å². The van der Waals surface area contributed by atoms with Crippen LogP contribution < -0.4 is 11.1 Å². The van der Waals surface area contributed by atoms with Crippen molar-refractivity contribution in [3.8, 4) is 0 Å². The Balaban J connectivity index is 1.90. The van der Waals surface area contributed by atoms with Crippen molar-refractivity contribution >= 4 is 28.9 Å². The summed E-state index contributed by atoms with van der Waals surface area (Å²) in [7, 11) is 0. The first-order valence-corrected chi connectivity index (χ1v) is 6.49. The van der Waals surface area contributed by atoms with Gasteiger partial charge in [-0.25, -0.2) is 0 Å². The number of benzene rings is 1. The number of amides is 1. The lowest BCUT2D eigenvalue weighted by Crippen LogP contribution is -2.25. The van der Waals surface area contributed by atoms with Gasteiger partial charge in [0.15, 0.2) is 0 Å². The number of halogens is 1. The minimum absolute atomic E-state index is 0.0336. The lowest BCUT2D eigenvalue weighted by molar-refractivity contribution is -0.119. The van der Waals surface area contributed by atoms with Crippen molar-refractivity contribution in [2.24, 2.45) is 0 Å². The normalized spacial score (nSPS) is 19.5. The second-order valence-corrected chi connectivity index (χ2v) is 4.89. The molecule has 1 aromatic carbocycles. The van der Waals surface area contributed by atoms with E-state index in [2.05, 4.69) is 5.32 Å². The summed E-state index contributed by atoms with van der Waals surface area (Å²) >= 11 is 5.99. The van der Waals surface area contributed by atoms with Crippen LogP contribution in [0.15, 0.2) is 18.2 Å². The van der Waals surface area contributed by atoms with Gasteiger partial charge in [-0.2, -0.15) is 0 Å². The Hall–Kier alpha value is -1.26. The van der Waals surface area contributed by atoms with Crippen molar-refractivity contribution in [1.82, 2.24) is 0 Å². The van der Waals surface area contributed by atoms with E-state index in [0.717, 1.165) is 25.9 Å². The van der Waals surface area contributed by atoms with Gasteiger partial charge >= 0.3 is 0 Å². The molecular weight excluding hydrogens is 252 g/mol. The quantitative estimate of drug-likeness (QED) is 0.829. The van der Waals surface area contributed by atoms with Crippen molar-refractivity contribution in [2.45, 2.75) is 31.8 Å². The molecular formula is C13H17ClN2O2. The van der Waals surface area contributed by atoms with E-state index >= 15 is 0 Å². The van der Waals surface area contributed by atoms with Gasteiger partial charge in [0.2, 0.25) is 5.91 Å². The standard InChI is InChI=1S/C13H17ClN2O2/c14-11-7-9(15)4-5-12(11)16-13(17)8-10-3-1-2-6-18-10/h4-5,7,10H,1-3,6,8,15H2,(H,16,17). The van der Waals surface area contributed by atoms with Gasteiger partial charge in [-0.05, 0) is 37.5 Å². The molecule has 1 saturated heterocycles. The molecule has 18 heavy (non-hydrogen) atoms. The molecule has 0 aromatic heterocycles. The second kappa shape index (κ2) is 6.07. The topological polar surface area (TPSA) is 64.3 Å². The molecule has 2 rings (SSSR count). The van der Waals surface area contributed by atoms with E-state index in [4.69, 9.17) is 22.1 Å². The third kappa shape index (κ3) is 3.62. The molecule has 4 nitrogen and oxygen atoms in total. The Morgan fingerprint density at radius 2 is 2.33 bits per heavy atom. The number of anilines is 2. The Kier molecular flexibility index (Phi) is 4.44. The number of nitrogens with one attached hydrogen (secondary N) is 1. The van der Waals surface area contributed by atoms with Crippen LogP contribution in [0.2, 0.25) is 5.02 Å². The number of hydrogen-bond acceptors (Lipinski definition) is 3. The van der Waals surface area contributed by atoms with E-state index in [1.165, 1.54) is 0 Å². The van der Waals surface area contributed by atoms with Crippen LogP contribution in [-0.2, 0) is 9.53 Å². The zero-order valence-electron chi connectivity index (χ0n) is 10.1. The predicted octanol–water partition coefficient (Wildman–Crippen LogP) is 2.82. The molecule has 0 bridgehead atoms. The summed E-state index contributed by atoms with van der Waals surface area (Å²) in [5, 5.41) is 3.23. The smallest absolute Gasteiger partial charge is 0.227 e. The van der Waals surface area contributed by atoms with E-state index in [1.807, 2.05) is 0 Å². The van der Waals surface area contributed by atoms with Gasteiger partial charge < -0.3 is 15.8 Å². The van der Waals surface area contributed by atoms with Crippen molar-refractivity contribution in [3.63, 3.8) is 0 Å². The van der Waals surface area contributed by atoms with Gasteiger partial charge in [0.05, 0.1) is 23.2 Å². The molecule has 5 heteroatoms. The van der Waals surface area contributed by atoms with Crippen LogP contribution >= 0.6 is 11.6 Å². The van der Waals surface area contributed by atoms with Gasteiger partial charge in [0.1, 0.15) is 0 Å². The average molecular weight is 269 g/mol. The second-order valence-electron chi connectivity index (χ2n) is 4.48. The number of ether oxygens (including phenoxy) is 1. The number of nitrogen functional groups attached to an aromatic ring is 1. The van der Waals surface area contributed by atoms with Crippen LogP contribution in [0.25, 0.3) is 0 Å². The lowest BCUT2D eigenvalue weighted by atomic mass is 10.1. The molecule has 1 fully saturated rings. The summed E-state index contributed by atoms with van der Waals surface area (Å²) in [6.07, 6.45) is 3.57. The summed E-state index contributed by atoms with van der Waals surface area (Å²) in [5.41, 5.74) is 6.76. The van der Waals surface area contributed by atoms with E-state index < -0.39 is 0 Å². The molecule has 1 amide bonds. The highest BCUT2D eigenvalue weighted by Crippen LogP contribution is 2.24. The van der Waals surface area contributed by atoms with Crippen LogP contribution in [-0.4, -0.2) is 18.6 Å². The first-order valence-electron chi connectivity index (χ1n) is 6.11. The molecule has 0 saturated carbocycles. The molecule has 98 valence electrons. The first-order chi connectivity index (χ1) is 8.65. The van der Waals surface area contributed by atoms with E-state index in [1.54, 1.807) is 18.2 Å². The maximum absolute atomic E-state index is 11.8. The molecule has 1 atom stereocenters. The van der Waals surface area contributed by atoms with Crippen molar-refractivity contribution in [1.29, 1.82) is 0 Å². The first kappa shape index (κ1) is 13.2. The van der Waals surface area contributed by atoms with Crippen LogP contribution in [0.1, 0.15) is 25.7 Å². The molecule has 0 radical (unpaired) electrons. The third-order valence-corrected chi connectivity index (χ3v) is 3.27. The Labute approximate surface area is 111 Å². The van der Waals surface area contributed by atoms with Crippen LogP contribution in [0, 0.1) is 0 Å². The van der Waals surface area contributed by atoms with Gasteiger partial charge in [-0.1, -0.05) is 11.6 Å². The number of carbonyl (C=O) groups excluding carboxylic acids is 1. The van der Waals surface area contributed by atoms with Gasteiger partial charge in [0.25, 0.3) is 0 Å². The molecule has 1 aromatic rings. The zero-order valence-corrected chi connectivity index (χ0v) is 10.9. The van der Waals surface area contributed by atoms with Crippen molar-refractivity contribution < 1.29 is 9.53 Å². The van der Waals surface area contributed by atoms with Crippen molar-refractivity contribution in [2.75, 3.05) is 17.7 Å². The molecule has 0 aliphatic carbocycles. The minimum atomic E-state index is -0.0754. The monoisotopic (exact) mass is 268 g/mol. The Morgan fingerprint density at radius 1 is 1.50 bits per heavy atom. The third-order valence-electron chi connectivity index (χ3n) is 2.95. The lowest BCUT2D eigenvalue weighted by Gasteiger charge is -2.22.